The Hall–Kier alpha value is -0.870. The predicted molar refractivity (Wildman–Crippen MR) is 61.1 cm³/mol. The van der Waals surface area contributed by atoms with Gasteiger partial charge in [0.05, 0.1) is 18.6 Å². The second-order valence-corrected chi connectivity index (χ2v) is 4.85. The monoisotopic (exact) mass is 221 g/mol. The lowest BCUT2D eigenvalue weighted by Gasteiger charge is -2.16. The SMILES string of the molecule is c1ncn(CC2CCOC2)c1C1CCCN1. The topological polar surface area (TPSA) is 39.1 Å². The van der Waals surface area contributed by atoms with Crippen molar-refractivity contribution in [1.82, 2.24) is 14.9 Å². The minimum absolute atomic E-state index is 0.518. The van der Waals surface area contributed by atoms with Crippen LogP contribution in [-0.4, -0.2) is 29.3 Å². The first-order valence-electron chi connectivity index (χ1n) is 6.24. The molecule has 1 aromatic rings. The summed E-state index contributed by atoms with van der Waals surface area (Å²) in [4.78, 5) is 4.29. The number of nitrogens with one attached hydrogen (secondary N) is 1. The Bertz CT molecular complexity index is 338. The van der Waals surface area contributed by atoms with Gasteiger partial charge < -0.3 is 14.6 Å². The average Bonchev–Trinajstić information content (AvgIpc) is 2.98. The standard InChI is InChI=1S/C12H19N3O/c1-2-11(14-4-1)12-6-13-9-15(12)7-10-3-5-16-8-10/h6,9-11,14H,1-5,7-8H2. The molecule has 4 heteroatoms. The number of ether oxygens (including phenoxy) is 1. The van der Waals surface area contributed by atoms with E-state index in [-0.39, 0.29) is 0 Å². The fourth-order valence-corrected chi connectivity index (χ4v) is 2.72. The molecule has 2 fully saturated rings. The highest BCUT2D eigenvalue weighted by molar-refractivity contribution is 5.07. The summed E-state index contributed by atoms with van der Waals surface area (Å²) in [6, 6.07) is 0.518. The van der Waals surface area contributed by atoms with Crippen LogP contribution in [0.3, 0.4) is 0 Å². The summed E-state index contributed by atoms with van der Waals surface area (Å²) >= 11 is 0. The van der Waals surface area contributed by atoms with E-state index >= 15 is 0 Å². The van der Waals surface area contributed by atoms with E-state index in [2.05, 4.69) is 14.9 Å². The molecule has 0 spiro atoms. The number of imidazole rings is 1. The van der Waals surface area contributed by atoms with Gasteiger partial charge >= 0.3 is 0 Å². The van der Waals surface area contributed by atoms with Crippen molar-refractivity contribution < 1.29 is 4.74 Å². The first-order valence-corrected chi connectivity index (χ1v) is 6.24. The molecule has 88 valence electrons. The molecule has 2 unspecified atom stereocenters. The summed E-state index contributed by atoms with van der Waals surface area (Å²) in [6.45, 7) is 4.04. The largest absolute Gasteiger partial charge is 0.381 e. The number of hydrogen-bond donors (Lipinski definition) is 1. The van der Waals surface area contributed by atoms with Gasteiger partial charge in [-0.3, -0.25) is 0 Å². The Morgan fingerprint density at radius 1 is 1.50 bits per heavy atom. The van der Waals surface area contributed by atoms with E-state index in [0.29, 0.717) is 12.0 Å². The Kier molecular flexibility index (Phi) is 2.93. The zero-order valence-electron chi connectivity index (χ0n) is 9.56. The van der Waals surface area contributed by atoms with Crippen molar-refractivity contribution in [1.29, 1.82) is 0 Å². The van der Waals surface area contributed by atoms with Crippen LogP contribution in [0, 0.1) is 5.92 Å². The number of aromatic nitrogens is 2. The Morgan fingerprint density at radius 2 is 2.50 bits per heavy atom. The van der Waals surface area contributed by atoms with Crippen molar-refractivity contribution in [3.63, 3.8) is 0 Å². The van der Waals surface area contributed by atoms with E-state index < -0.39 is 0 Å². The summed E-state index contributed by atoms with van der Waals surface area (Å²) in [5, 5.41) is 3.53. The van der Waals surface area contributed by atoms with E-state index in [1.807, 2.05) is 12.5 Å². The molecule has 3 heterocycles. The van der Waals surface area contributed by atoms with E-state index in [1.165, 1.54) is 25.0 Å². The molecule has 0 bridgehead atoms. The van der Waals surface area contributed by atoms with Crippen molar-refractivity contribution in [2.75, 3.05) is 19.8 Å². The Balaban J connectivity index is 1.71. The molecule has 3 rings (SSSR count). The summed E-state index contributed by atoms with van der Waals surface area (Å²) in [7, 11) is 0. The van der Waals surface area contributed by atoms with Crippen LogP contribution in [0.1, 0.15) is 31.0 Å². The smallest absolute Gasteiger partial charge is 0.0948 e. The molecule has 4 nitrogen and oxygen atoms in total. The van der Waals surface area contributed by atoms with E-state index in [4.69, 9.17) is 4.74 Å². The molecule has 0 saturated carbocycles. The highest BCUT2D eigenvalue weighted by Gasteiger charge is 2.22. The van der Waals surface area contributed by atoms with E-state index in [1.54, 1.807) is 0 Å². The van der Waals surface area contributed by atoms with Crippen LogP contribution >= 0.6 is 0 Å². The summed E-state index contributed by atoms with van der Waals surface area (Å²) in [5.41, 5.74) is 1.35. The first-order chi connectivity index (χ1) is 7.93. The molecular formula is C12H19N3O. The third-order valence-corrected chi connectivity index (χ3v) is 3.64. The van der Waals surface area contributed by atoms with Gasteiger partial charge in [-0.05, 0) is 25.8 Å². The highest BCUT2D eigenvalue weighted by Crippen LogP contribution is 2.24. The number of rotatable bonds is 3. The van der Waals surface area contributed by atoms with Gasteiger partial charge in [0.15, 0.2) is 0 Å². The zero-order valence-corrected chi connectivity index (χ0v) is 9.56. The van der Waals surface area contributed by atoms with Gasteiger partial charge in [0.1, 0.15) is 0 Å². The van der Waals surface area contributed by atoms with Gasteiger partial charge in [-0.15, -0.1) is 0 Å². The van der Waals surface area contributed by atoms with Gasteiger partial charge in [-0.2, -0.15) is 0 Å². The molecule has 16 heavy (non-hydrogen) atoms. The lowest BCUT2D eigenvalue weighted by molar-refractivity contribution is 0.182. The van der Waals surface area contributed by atoms with Crippen LogP contribution in [-0.2, 0) is 11.3 Å². The Labute approximate surface area is 96.0 Å². The van der Waals surface area contributed by atoms with Crippen LogP contribution in [0.25, 0.3) is 0 Å². The molecule has 2 atom stereocenters. The lowest BCUT2D eigenvalue weighted by atomic mass is 10.1. The van der Waals surface area contributed by atoms with Gasteiger partial charge in [-0.25, -0.2) is 4.98 Å². The van der Waals surface area contributed by atoms with E-state index in [9.17, 15) is 0 Å². The fraction of sp³-hybridized carbons (Fsp3) is 0.750. The number of hydrogen-bond acceptors (Lipinski definition) is 3. The molecular weight excluding hydrogens is 202 g/mol. The van der Waals surface area contributed by atoms with Crippen molar-refractivity contribution in [3.05, 3.63) is 18.2 Å². The van der Waals surface area contributed by atoms with Gasteiger partial charge in [0, 0.05) is 31.3 Å². The molecule has 1 N–H and O–H groups in total. The van der Waals surface area contributed by atoms with Crippen LogP contribution in [0.2, 0.25) is 0 Å². The first kappa shape index (κ1) is 10.3. The zero-order chi connectivity index (χ0) is 10.8. The maximum Gasteiger partial charge on any atom is 0.0948 e. The van der Waals surface area contributed by atoms with Crippen LogP contribution in [0.5, 0.6) is 0 Å². The minimum atomic E-state index is 0.518. The molecule has 2 saturated heterocycles. The maximum absolute atomic E-state index is 5.42. The summed E-state index contributed by atoms with van der Waals surface area (Å²) in [6.07, 6.45) is 7.69. The number of nitrogens with zero attached hydrogens (tertiary/aromatic N) is 2. The molecule has 0 amide bonds. The summed E-state index contributed by atoms with van der Waals surface area (Å²) < 4.78 is 7.73. The molecule has 2 aliphatic rings. The van der Waals surface area contributed by atoms with E-state index in [0.717, 1.165) is 26.3 Å². The van der Waals surface area contributed by atoms with Gasteiger partial charge in [-0.1, -0.05) is 0 Å². The summed E-state index contributed by atoms with van der Waals surface area (Å²) in [5.74, 6) is 0.675. The van der Waals surface area contributed by atoms with Gasteiger partial charge in [0.2, 0.25) is 0 Å². The van der Waals surface area contributed by atoms with Crippen molar-refractivity contribution in [3.8, 4) is 0 Å². The normalized spacial score (nSPS) is 30.0. The van der Waals surface area contributed by atoms with Crippen LogP contribution < -0.4 is 5.32 Å². The molecule has 0 aliphatic carbocycles. The maximum atomic E-state index is 5.42. The Morgan fingerprint density at radius 3 is 3.25 bits per heavy atom. The van der Waals surface area contributed by atoms with Gasteiger partial charge in [0.25, 0.3) is 0 Å². The van der Waals surface area contributed by atoms with Crippen LogP contribution in [0.15, 0.2) is 12.5 Å². The third-order valence-electron chi connectivity index (χ3n) is 3.64. The highest BCUT2D eigenvalue weighted by atomic mass is 16.5. The van der Waals surface area contributed by atoms with Crippen molar-refractivity contribution in [2.45, 2.75) is 31.8 Å². The fourth-order valence-electron chi connectivity index (χ4n) is 2.72. The van der Waals surface area contributed by atoms with Crippen molar-refractivity contribution >= 4 is 0 Å². The van der Waals surface area contributed by atoms with Crippen LogP contribution in [0.4, 0.5) is 0 Å². The minimum Gasteiger partial charge on any atom is -0.381 e. The molecule has 0 aromatic carbocycles. The second kappa shape index (κ2) is 4.55. The molecule has 2 aliphatic heterocycles. The molecule has 0 radical (unpaired) electrons. The average molecular weight is 221 g/mol. The third kappa shape index (κ3) is 1.99. The second-order valence-electron chi connectivity index (χ2n) is 4.85. The lowest BCUT2D eigenvalue weighted by Crippen LogP contribution is -2.19. The quantitative estimate of drug-likeness (QED) is 0.837. The predicted octanol–water partition coefficient (Wildman–Crippen LogP) is 1.34. The molecule has 1 aromatic heterocycles. The van der Waals surface area contributed by atoms with Crippen molar-refractivity contribution in [2.24, 2.45) is 5.92 Å².